The second-order valence-electron chi connectivity index (χ2n) is 4.96. The Morgan fingerprint density at radius 3 is 1.53 bits per heavy atom. The lowest BCUT2D eigenvalue weighted by Crippen LogP contribution is -2.55. The normalized spacial score (nSPS) is 21.6. The summed E-state index contributed by atoms with van der Waals surface area (Å²) in [7, 11) is -7.12. The van der Waals surface area contributed by atoms with Gasteiger partial charge in [-0.2, -0.15) is 17.0 Å². The van der Waals surface area contributed by atoms with E-state index in [0.29, 0.717) is 0 Å². The Bertz CT molecular complexity index is 469. The monoisotopic (exact) mass is 285 g/mol. The van der Waals surface area contributed by atoms with Gasteiger partial charge in [0.15, 0.2) is 0 Å². The maximum atomic E-state index is 12.1. The smallest absolute Gasteiger partial charge is 0.216 e. The molecule has 0 aromatic heterocycles. The van der Waals surface area contributed by atoms with Crippen molar-refractivity contribution >= 4 is 20.2 Å². The molecule has 0 aromatic rings. The molecule has 0 unspecified atom stereocenters. The maximum absolute atomic E-state index is 12.1. The highest BCUT2D eigenvalue weighted by molar-refractivity contribution is 7.90. The Morgan fingerprint density at radius 1 is 0.882 bits per heavy atom. The summed E-state index contributed by atoms with van der Waals surface area (Å²) in [5, 5.41) is 4.98. The molecule has 0 spiro atoms. The van der Waals surface area contributed by atoms with Crippen molar-refractivity contribution in [3.8, 4) is 0 Å². The lowest BCUT2D eigenvalue weighted by atomic mass is 10.3. The van der Waals surface area contributed by atoms with Crippen LogP contribution in [0.1, 0.15) is 20.8 Å². The third-order valence-corrected chi connectivity index (χ3v) is 6.35. The van der Waals surface area contributed by atoms with E-state index < -0.39 is 25.0 Å². The van der Waals surface area contributed by atoms with Crippen LogP contribution in [0.25, 0.3) is 0 Å². The second-order valence-corrected chi connectivity index (χ2v) is 9.20. The predicted octanol–water partition coefficient (Wildman–Crippen LogP) is -1.06. The lowest BCUT2D eigenvalue weighted by molar-refractivity contribution is 0.268. The van der Waals surface area contributed by atoms with Gasteiger partial charge in [-0.05, 0) is 20.8 Å². The van der Waals surface area contributed by atoms with Crippen molar-refractivity contribution in [1.29, 1.82) is 0 Å². The van der Waals surface area contributed by atoms with Crippen LogP contribution in [-0.4, -0.2) is 56.4 Å². The van der Waals surface area contributed by atoms with E-state index in [-0.39, 0.29) is 26.2 Å². The first-order valence-corrected chi connectivity index (χ1v) is 8.18. The molecule has 2 N–H and O–H groups in total. The van der Waals surface area contributed by atoms with Gasteiger partial charge in [0.1, 0.15) is 0 Å². The molecule has 0 saturated carbocycles. The number of nitrogens with zero attached hydrogens (tertiary/aromatic N) is 2. The van der Waals surface area contributed by atoms with Crippen LogP contribution < -0.4 is 5.14 Å². The van der Waals surface area contributed by atoms with Crippen molar-refractivity contribution in [1.82, 2.24) is 8.61 Å². The highest BCUT2D eigenvalue weighted by atomic mass is 32.2. The van der Waals surface area contributed by atoms with Gasteiger partial charge in [-0.1, -0.05) is 0 Å². The Morgan fingerprint density at radius 2 is 1.24 bits per heavy atom. The Hall–Kier alpha value is -0.220. The third-order valence-electron chi connectivity index (χ3n) is 2.67. The summed E-state index contributed by atoms with van der Waals surface area (Å²) < 4.78 is 47.9. The molecule has 1 aliphatic heterocycles. The third kappa shape index (κ3) is 3.16. The highest BCUT2D eigenvalue weighted by Crippen LogP contribution is 2.21. The Balaban J connectivity index is 2.78. The molecule has 1 aliphatic rings. The van der Waals surface area contributed by atoms with Crippen LogP contribution in [0.4, 0.5) is 0 Å². The molecule has 17 heavy (non-hydrogen) atoms. The van der Waals surface area contributed by atoms with Crippen molar-refractivity contribution in [3.63, 3.8) is 0 Å². The molecule has 1 heterocycles. The maximum Gasteiger partial charge on any atom is 0.276 e. The van der Waals surface area contributed by atoms with E-state index in [0.717, 1.165) is 4.31 Å². The number of rotatable bonds is 2. The van der Waals surface area contributed by atoms with E-state index in [1.54, 1.807) is 20.8 Å². The zero-order valence-electron chi connectivity index (χ0n) is 10.2. The molecule has 1 saturated heterocycles. The largest absolute Gasteiger partial charge is 0.276 e. The number of hydrogen-bond donors (Lipinski definition) is 1. The van der Waals surface area contributed by atoms with Crippen molar-refractivity contribution in [2.45, 2.75) is 25.5 Å². The van der Waals surface area contributed by atoms with E-state index in [1.165, 1.54) is 4.31 Å². The van der Waals surface area contributed by atoms with E-state index in [9.17, 15) is 16.8 Å². The van der Waals surface area contributed by atoms with Crippen LogP contribution in [0.2, 0.25) is 0 Å². The quantitative estimate of drug-likeness (QED) is 0.698. The highest BCUT2D eigenvalue weighted by Gasteiger charge is 2.38. The average molecular weight is 285 g/mol. The van der Waals surface area contributed by atoms with Gasteiger partial charge < -0.3 is 0 Å². The molecule has 0 amide bonds. The Kier molecular flexibility index (Phi) is 3.90. The molecule has 1 fully saturated rings. The minimum absolute atomic E-state index is 0.105. The van der Waals surface area contributed by atoms with Crippen LogP contribution in [0.3, 0.4) is 0 Å². The first-order chi connectivity index (χ1) is 7.46. The van der Waals surface area contributed by atoms with Crippen molar-refractivity contribution in [2.24, 2.45) is 5.14 Å². The van der Waals surface area contributed by atoms with Gasteiger partial charge in [0.2, 0.25) is 10.0 Å². The van der Waals surface area contributed by atoms with E-state index in [2.05, 4.69) is 0 Å². The number of hydrogen-bond acceptors (Lipinski definition) is 4. The first kappa shape index (κ1) is 14.8. The molecule has 0 bridgehead atoms. The van der Waals surface area contributed by atoms with Crippen molar-refractivity contribution in [3.05, 3.63) is 0 Å². The zero-order chi connectivity index (χ0) is 13.5. The molecule has 7 nitrogen and oxygen atoms in total. The fourth-order valence-electron chi connectivity index (χ4n) is 1.55. The minimum Gasteiger partial charge on any atom is -0.216 e. The van der Waals surface area contributed by atoms with Gasteiger partial charge in [0.25, 0.3) is 10.2 Å². The first-order valence-electron chi connectivity index (χ1n) is 5.24. The topological polar surface area (TPSA) is 101 Å². The minimum atomic E-state index is -3.72. The lowest BCUT2D eigenvalue weighted by Gasteiger charge is -2.35. The number of nitrogens with two attached hydrogens (primary N) is 1. The summed E-state index contributed by atoms with van der Waals surface area (Å²) in [6.07, 6.45) is 0. The summed E-state index contributed by atoms with van der Waals surface area (Å²) in [6, 6.07) is 0. The standard InChI is InChI=1S/C8H19N3O4S2/c1-8(2,3)16(12,13)10-4-6-11(7-5-10)17(9,14)15/h4-7H2,1-3H3,(H2,9,14,15). The summed E-state index contributed by atoms with van der Waals surface area (Å²) in [5.41, 5.74) is 0. The molecule has 0 atom stereocenters. The van der Waals surface area contributed by atoms with E-state index in [1.807, 2.05) is 0 Å². The SMILES string of the molecule is CC(C)(C)S(=O)(=O)N1CCN(S(N)(=O)=O)CC1. The van der Waals surface area contributed by atoms with Crippen LogP contribution in [0, 0.1) is 0 Å². The predicted molar refractivity (Wildman–Crippen MR) is 64.9 cm³/mol. The fraction of sp³-hybridized carbons (Fsp3) is 1.00. The molecule has 9 heteroatoms. The molecular formula is C8H19N3O4S2. The molecule has 0 aromatic carbocycles. The van der Waals surface area contributed by atoms with Gasteiger partial charge >= 0.3 is 0 Å². The Labute approximate surface area is 103 Å². The molecule has 102 valence electrons. The van der Waals surface area contributed by atoms with Crippen LogP contribution >= 0.6 is 0 Å². The van der Waals surface area contributed by atoms with Gasteiger partial charge in [-0.3, -0.25) is 0 Å². The van der Waals surface area contributed by atoms with Gasteiger partial charge in [-0.25, -0.2) is 13.6 Å². The second kappa shape index (κ2) is 4.47. The summed E-state index contributed by atoms with van der Waals surface area (Å²) in [5.74, 6) is 0. The van der Waals surface area contributed by atoms with E-state index >= 15 is 0 Å². The number of piperazine rings is 1. The van der Waals surface area contributed by atoms with E-state index in [4.69, 9.17) is 5.14 Å². The summed E-state index contributed by atoms with van der Waals surface area (Å²) >= 11 is 0. The van der Waals surface area contributed by atoms with Crippen LogP contribution in [-0.2, 0) is 20.2 Å². The molecular weight excluding hydrogens is 266 g/mol. The van der Waals surface area contributed by atoms with Gasteiger partial charge in [-0.15, -0.1) is 0 Å². The molecule has 0 aliphatic carbocycles. The van der Waals surface area contributed by atoms with Crippen LogP contribution in [0.5, 0.6) is 0 Å². The van der Waals surface area contributed by atoms with Crippen molar-refractivity contribution < 1.29 is 16.8 Å². The summed E-state index contributed by atoms with van der Waals surface area (Å²) in [6.45, 7) is 5.37. The zero-order valence-corrected chi connectivity index (χ0v) is 11.9. The van der Waals surface area contributed by atoms with Crippen LogP contribution in [0.15, 0.2) is 0 Å². The number of sulfonamides is 1. The molecule has 0 radical (unpaired) electrons. The average Bonchev–Trinajstić information content (AvgIpc) is 2.15. The fourth-order valence-corrected chi connectivity index (χ4v) is 3.64. The van der Waals surface area contributed by atoms with Gasteiger partial charge in [0, 0.05) is 26.2 Å². The van der Waals surface area contributed by atoms with Crippen molar-refractivity contribution in [2.75, 3.05) is 26.2 Å². The van der Waals surface area contributed by atoms with Gasteiger partial charge in [0.05, 0.1) is 4.75 Å². The molecule has 1 rings (SSSR count). The summed E-state index contributed by atoms with van der Waals surface area (Å²) in [4.78, 5) is 0.